The van der Waals surface area contributed by atoms with Crippen LogP contribution in [-0.2, 0) is 0 Å². The summed E-state index contributed by atoms with van der Waals surface area (Å²) in [5.41, 5.74) is 0.189. The molecule has 0 radical (unpaired) electrons. The Hall–Kier alpha value is -2.89. The van der Waals surface area contributed by atoms with Crippen molar-refractivity contribution in [2.45, 2.75) is 0 Å². The molecule has 2 aromatic rings. The third-order valence-corrected chi connectivity index (χ3v) is 3.05. The van der Waals surface area contributed by atoms with Crippen LogP contribution < -0.4 is 18.9 Å². The lowest BCUT2D eigenvalue weighted by molar-refractivity contribution is 0.0696. The summed E-state index contributed by atoms with van der Waals surface area (Å²) >= 11 is 0. The highest BCUT2D eigenvalue weighted by Gasteiger charge is 2.13. The zero-order chi connectivity index (χ0) is 15.4. The van der Waals surface area contributed by atoms with Crippen LogP contribution in [0.25, 0.3) is 0 Å². The predicted molar refractivity (Wildman–Crippen MR) is 77.0 cm³/mol. The smallest absolute Gasteiger partial charge is 0.335 e. The first-order chi connectivity index (χ1) is 10.7. The molecule has 0 saturated heterocycles. The summed E-state index contributed by atoms with van der Waals surface area (Å²) in [4.78, 5) is 10.9. The van der Waals surface area contributed by atoms with E-state index in [-0.39, 0.29) is 12.4 Å². The van der Waals surface area contributed by atoms with Crippen LogP contribution in [0.2, 0.25) is 0 Å². The number of aromatic carboxylic acids is 1. The molecule has 3 rings (SSSR count). The maximum absolute atomic E-state index is 10.9. The number of ether oxygens (including phenoxy) is 4. The van der Waals surface area contributed by atoms with E-state index in [4.69, 9.17) is 24.1 Å². The van der Waals surface area contributed by atoms with Crippen molar-refractivity contribution in [3.63, 3.8) is 0 Å². The number of hydrogen-bond acceptors (Lipinski definition) is 5. The lowest BCUT2D eigenvalue weighted by Gasteiger charge is -2.09. The Morgan fingerprint density at radius 3 is 2.50 bits per heavy atom. The van der Waals surface area contributed by atoms with Crippen molar-refractivity contribution in [1.82, 2.24) is 0 Å². The van der Waals surface area contributed by atoms with Crippen molar-refractivity contribution in [3.05, 3.63) is 48.0 Å². The molecule has 6 nitrogen and oxygen atoms in total. The summed E-state index contributed by atoms with van der Waals surface area (Å²) in [5, 5.41) is 8.90. The molecular formula is C16H14O6. The predicted octanol–water partition coefficient (Wildman–Crippen LogP) is 2.57. The summed E-state index contributed by atoms with van der Waals surface area (Å²) < 4.78 is 21.5. The first-order valence-corrected chi connectivity index (χ1v) is 6.71. The van der Waals surface area contributed by atoms with Gasteiger partial charge in [-0.1, -0.05) is 6.07 Å². The molecule has 114 valence electrons. The van der Waals surface area contributed by atoms with Gasteiger partial charge < -0.3 is 24.1 Å². The Morgan fingerprint density at radius 2 is 1.73 bits per heavy atom. The van der Waals surface area contributed by atoms with E-state index in [1.165, 1.54) is 12.1 Å². The molecule has 0 aliphatic carbocycles. The molecule has 6 heteroatoms. The lowest BCUT2D eigenvalue weighted by Crippen LogP contribution is -2.09. The fourth-order valence-corrected chi connectivity index (χ4v) is 2.00. The highest BCUT2D eigenvalue weighted by atomic mass is 16.7. The number of carboxylic acid groups (broad SMARTS) is 1. The fourth-order valence-electron chi connectivity index (χ4n) is 2.00. The average molecular weight is 302 g/mol. The van der Waals surface area contributed by atoms with E-state index in [1.807, 2.05) is 0 Å². The van der Waals surface area contributed by atoms with Crippen LogP contribution in [-0.4, -0.2) is 31.1 Å². The molecule has 0 amide bonds. The molecule has 1 N–H and O–H groups in total. The summed E-state index contributed by atoms with van der Waals surface area (Å²) in [5.74, 6) is 1.53. The number of carboxylic acids is 1. The Morgan fingerprint density at radius 1 is 1.00 bits per heavy atom. The summed E-state index contributed by atoms with van der Waals surface area (Å²) in [7, 11) is 0. The van der Waals surface area contributed by atoms with Crippen LogP contribution in [0.1, 0.15) is 10.4 Å². The van der Waals surface area contributed by atoms with E-state index in [1.54, 1.807) is 30.3 Å². The zero-order valence-electron chi connectivity index (χ0n) is 11.7. The van der Waals surface area contributed by atoms with Crippen molar-refractivity contribution >= 4 is 5.97 Å². The van der Waals surface area contributed by atoms with Gasteiger partial charge in [-0.25, -0.2) is 4.79 Å². The maximum Gasteiger partial charge on any atom is 0.335 e. The molecule has 22 heavy (non-hydrogen) atoms. The monoisotopic (exact) mass is 302 g/mol. The molecule has 1 aliphatic rings. The minimum absolute atomic E-state index is 0.189. The Labute approximate surface area is 126 Å². The molecular weight excluding hydrogens is 288 g/mol. The Kier molecular flexibility index (Phi) is 4.00. The number of fused-ring (bicyclic) bond motifs is 1. The number of benzene rings is 2. The molecule has 0 atom stereocenters. The van der Waals surface area contributed by atoms with Gasteiger partial charge in [0.05, 0.1) is 5.56 Å². The first-order valence-electron chi connectivity index (χ1n) is 6.71. The number of rotatable bonds is 6. The zero-order valence-corrected chi connectivity index (χ0v) is 11.7. The standard InChI is InChI=1S/C16H14O6/c17-16(18)11-2-1-3-12(8-11)19-6-7-20-13-4-5-14-15(9-13)22-10-21-14/h1-5,8-9H,6-7,10H2,(H,17,18). The number of carbonyl (C=O) groups is 1. The van der Waals surface area contributed by atoms with Crippen molar-refractivity contribution in [1.29, 1.82) is 0 Å². The highest BCUT2D eigenvalue weighted by Crippen LogP contribution is 2.35. The minimum atomic E-state index is -0.984. The minimum Gasteiger partial charge on any atom is -0.490 e. The first kappa shape index (κ1) is 14.1. The van der Waals surface area contributed by atoms with Crippen molar-refractivity contribution < 1.29 is 28.8 Å². The normalized spacial score (nSPS) is 12.0. The molecule has 0 unspecified atom stereocenters. The molecule has 1 heterocycles. The largest absolute Gasteiger partial charge is 0.490 e. The van der Waals surface area contributed by atoms with E-state index in [2.05, 4.69) is 0 Å². The average Bonchev–Trinajstić information content (AvgIpc) is 2.99. The molecule has 1 aliphatic heterocycles. The maximum atomic E-state index is 10.9. The van der Waals surface area contributed by atoms with Gasteiger partial charge in [-0.15, -0.1) is 0 Å². The van der Waals surface area contributed by atoms with Crippen LogP contribution >= 0.6 is 0 Å². The van der Waals surface area contributed by atoms with Gasteiger partial charge in [0.1, 0.15) is 24.7 Å². The van der Waals surface area contributed by atoms with Gasteiger partial charge >= 0.3 is 5.97 Å². The quantitative estimate of drug-likeness (QED) is 0.827. The lowest BCUT2D eigenvalue weighted by atomic mass is 10.2. The summed E-state index contributed by atoms with van der Waals surface area (Å²) in [6.07, 6.45) is 0. The van der Waals surface area contributed by atoms with E-state index in [0.717, 1.165) is 0 Å². The van der Waals surface area contributed by atoms with Crippen molar-refractivity contribution in [3.8, 4) is 23.0 Å². The van der Waals surface area contributed by atoms with Gasteiger partial charge in [0.25, 0.3) is 0 Å². The summed E-state index contributed by atoms with van der Waals surface area (Å²) in [6.45, 7) is 0.857. The second kappa shape index (κ2) is 6.26. The van der Waals surface area contributed by atoms with Gasteiger partial charge in [-0.3, -0.25) is 0 Å². The van der Waals surface area contributed by atoms with Crippen LogP contribution in [0, 0.1) is 0 Å². The molecule has 2 aromatic carbocycles. The SMILES string of the molecule is O=C(O)c1cccc(OCCOc2ccc3c(c2)OCO3)c1. The van der Waals surface area contributed by atoms with Crippen LogP contribution in [0.4, 0.5) is 0 Å². The molecule has 0 bridgehead atoms. The second-order valence-corrected chi connectivity index (χ2v) is 4.54. The third-order valence-electron chi connectivity index (χ3n) is 3.05. The van der Waals surface area contributed by atoms with Crippen LogP contribution in [0.3, 0.4) is 0 Å². The van der Waals surface area contributed by atoms with Gasteiger partial charge in [-0.05, 0) is 30.3 Å². The third kappa shape index (κ3) is 3.22. The van der Waals surface area contributed by atoms with Gasteiger partial charge in [0.2, 0.25) is 6.79 Å². The van der Waals surface area contributed by atoms with E-state index in [9.17, 15) is 4.79 Å². The van der Waals surface area contributed by atoms with E-state index < -0.39 is 5.97 Å². The van der Waals surface area contributed by atoms with Crippen molar-refractivity contribution in [2.75, 3.05) is 20.0 Å². The van der Waals surface area contributed by atoms with E-state index >= 15 is 0 Å². The summed E-state index contributed by atoms with van der Waals surface area (Å²) in [6, 6.07) is 11.7. The molecule has 0 aromatic heterocycles. The van der Waals surface area contributed by atoms with Crippen molar-refractivity contribution in [2.24, 2.45) is 0 Å². The Balaban J connectivity index is 1.49. The van der Waals surface area contributed by atoms with Crippen LogP contribution in [0.15, 0.2) is 42.5 Å². The molecule has 0 spiro atoms. The highest BCUT2D eigenvalue weighted by molar-refractivity contribution is 5.87. The van der Waals surface area contributed by atoms with E-state index in [0.29, 0.717) is 36.2 Å². The number of hydrogen-bond donors (Lipinski definition) is 1. The van der Waals surface area contributed by atoms with Gasteiger partial charge in [-0.2, -0.15) is 0 Å². The molecule has 0 saturated carbocycles. The fraction of sp³-hybridized carbons (Fsp3) is 0.188. The molecule has 0 fully saturated rings. The van der Waals surface area contributed by atoms with Gasteiger partial charge in [0, 0.05) is 6.07 Å². The van der Waals surface area contributed by atoms with Gasteiger partial charge in [0.15, 0.2) is 11.5 Å². The Bertz CT molecular complexity index is 682. The van der Waals surface area contributed by atoms with Crippen LogP contribution in [0.5, 0.6) is 23.0 Å². The second-order valence-electron chi connectivity index (χ2n) is 4.54. The topological polar surface area (TPSA) is 74.2 Å².